The average molecular weight is 268 g/mol. The predicted octanol–water partition coefficient (Wildman–Crippen LogP) is 3.96. The fourth-order valence-corrected chi connectivity index (χ4v) is 2.60. The lowest BCUT2D eigenvalue weighted by Gasteiger charge is -2.21. The SMILES string of the molecule is CCCCCCCCCCCCC(O)N1C=NCC1. The van der Waals surface area contributed by atoms with Crippen molar-refractivity contribution < 1.29 is 5.11 Å². The first kappa shape index (κ1) is 16.5. The van der Waals surface area contributed by atoms with Crippen LogP contribution in [0.1, 0.15) is 77.6 Å². The summed E-state index contributed by atoms with van der Waals surface area (Å²) in [5.74, 6) is 0. The largest absolute Gasteiger partial charge is 0.374 e. The lowest BCUT2D eigenvalue weighted by molar-refractivity contribution is 0.0533. The van der Waals surface area contributed by atoms with E-state index >= 15 is 0 Å². The summed E-state index contributed by atoms with van der Waals surface area (Å²) in [6, 6.07) is 0. The van der Waals surface area contributed by atoms with Crippen LogP contribution in [0.2, 0.25) is 0 Å². The Balaban J connectivity index is 1.79. The molecule has 0 aliphatic carbocycles. The van der Waals surface area contributed by atoms with Gasteiger partial charge in [0.15, 0.2) is 0 Å². The Morgan fingerprint density at radius 2 is 1.58 bits per heavy atom. The lowest BCUT2D eigenvalue weighted by atomic mass is 10.1. The topological polar surface area (TPSA) is 35.8 Å². The van der Waals surface area contributed by atoms with Crippen LogP contribution in [-0.2, 0) is 0 Å². The van der Waals surface area contributed by atoms with E-state index in [1.54, 1.807) is 6.34 Å². The summed E-state index contributed by atoms with van der Waals surface area (Å²) in [7, 11) is 0. The summed E-state index contributed by atoms with van der Waals surface area (Å²) >= 11 is 0. The molecule has 0 saturated carbocycles. The molecule has 1 rings (SSSR count). The minimum Gasteiger partial charge on any atom is -0.374 e. The highest BCUT2D eigenvalue weighted by Crippen LogP contribution is 2.13. The Bertz CT molecular complexity index is 231. The van der Waals surface area contributed by atoms with Crippen molar-refractivity contribution in [2.75, 3.05) is 13.1 Å². The third-order valence-corrected chi connectivity index (χ3v) is 3.92. The van der Waals surface area contributed by atoms with Gasteiger partial charge in [0.05, 0.1) is 12.9 Å². The maximum absolute atomic E-state index is 9.91. The van der Waals surface area contributed by atoms with Crippen molar-refractivity contribution >= 4 is 6.34 Å². The van der Waals surface area contributed by atoms with Crippen molar-refractivity contribution in [3.05, 3.63) is 0 Å². The van der Waals surface area contributed by atoms with Gasteiger partial charge in [-0.1, -0.05) is 64.7 Å². The van der Waals surface area contributed by atoms with E-state index in [9.17, 15) is 5.11 Å². The monoisotopic (exact) mass is 268 g/mol. The zero-order valence-corrected chi connectivity index (χ0v) is 12.7. The fraction of sp³-hybridized carbons (Fsp3) is 0.938. The van der Waals surface area contributed by atoms with Crippen molar-refractivity contribution in [2.24, 2.45) is 4.99 Å². The molecule has 1 atom stereocenters. The molecule has 0 fully saturated rings. The number of aliphatic hydroxyl groups excluding tert-OH is 1. The highest BCUT2D eigenvalue weighted by Gasteiger charge is 2.14. The fourth-order valence-electron chi connectivity index (χ4n) is 2.60. The Hall–Kier alpha value is -0.570. The van der Waals surface area contributed by atoms with E-state index in [-0.39, 0.29) is 6.23 Å². The van der Waals surface area contributed by atoms with E-state index in [2.05, 4.69) is 11.9 Å². The third-order valence-electron chi connectivity index (χ3n) is 3.92. The molecule has 1 heterocycles. The van der Waals surface area contributed by atoms with Gasteiger partial charge in [0.1, 0.15) is 6.23 Å². The van der Waals surface area contributed by atoms with Crippen LogP contribution in [0.25, 0.3) is 0 Å². The Morgan fingerprint density at radius 1 is 1.00 bits per heavy atom. The van der Waals surface area contributed by atoms with Crippen molar-refractivity contribution in [1.29, 1.82) is 0 Å². The second-order valence-electron chi connectivity index (χ2n) is 5.71. The standard InChI is InChI=1S/C16H32N2O/c1-2-3-4-5-6-7-8-9-10-11-12-16(19)18-14-13-17-15-18/h15-16,19H,2-14H2,1H3. The molecule has 1 aliphatic heterocycles. The Morgan fingerprint density at radius 3 is 2.11 bits per heavy atom. The second-order valence-corrected chi connectivity index (χ2v) is 5.71. The van der Waals surface area contributed by atoms with Gasteiger partial charge in [-0.15, -0.1) is 0 Å². The molecule has 0 bridgehead atoms. The van der Waals surface area contributed by atoms with Gasteiger partial charge in [-0.3, -0.25) is 4.99 Å². The number of aliphatic imine (C=N–C) groups is 1. The summed E-state index contributed by atoms with van der Waals surface area (Å²) in [6.07, 6.45) is 15.9. The van der Waals surface area contributed by atoms with Crippen LogP contribution in [-0.4, -0.2) is 35.7 Å². The molecule has 0 aromatic heterocycles. The highest BCUT2D eigenvalue weighted by atomic mass is 16.3. The Labute approximate surface area is 119 Å². The van der Waals surface area contributed by atoms with Gasteiger partial charge in [0, 0.05) is 6.54 Å². The lowest BCUT2D eigenvalue weighted by Crippen LogP contribution is -2.32. The summed E-state index contributed by atoms with van der Waals surface area (Å²) in [5.41, 5.74) is 0. The van der Waals surface area contributed by atoms with Crippen LogP contribution in [0.5, 0.6) is 0 Å². The summed E-state index contributed by atoms with van der Waals surface area (Å²) in [6.45, 7) is 4.00. The molecule has 3 heteroatoms. The van der Waals surface area contributed by atoms with Gasteiger partial charge in [-0.2, -0.15) is 0 Å². The normalized spacial score (nSPS) is 16.2. The minimum atomic E-state index is -0.305. The van der Waals surface area contributed by atoms with Gasteiger partial charge >= 0.3 is 0 Å². The summed E-state index contributed by atoms with van der Waals surface area (Å²) < 4.78 is 0. The predicted molar refractivity (Wildman–Crippen MR) is 82.5 cm³/mol. The van der Waals surface area contributed by atoms with E-state index in [0.29, 0.717) is 0 Å². The van der Waals surface area contributed by atoms with Crippen LogP contribution >= 0.6 is 0 Å². The molecule has 1 unspecified atom stereocenters. The van der Waals surface area contributed by atoms with Crippen LogP contribution < -0.4 is 0 Å². The molecule has 0 saturated heterocycles. The molecule has 19 heavy (non-hydrogen) atoms. The molecule has 1 aliphatic rings. The quantitative estimate of drug-likeness (QED) is 0.544. The molecule has 0 amide bonds. The van der Waals surface area contributed by atoms with Crippen molar-refractivity contribution in [2.45, 2.75) is 83.8 Å². The van der Waals surface area contributed by atoms with Gasteiger partial charge in [-0.25, -0.2) is 0 Å². The zero-order chi connectivity index (χ0) is 13.8. The summed E-state index contributed by atoms with van der Waals surface area (Å²) in [5, 5.41) is 9.91. The Kier molecular flexibility index (Phi) is 9.78. The highest BCUT2D eigenvalue weighted by molar-refractivity contribution is 5.57. The minimum absolute atomic E-state index is 0.305. The number of hydrogen-bond acceptors (Lipinski definition) is 3. The van der Waals surface area contributed by atoms with Crippen LogP contribution in [0.3, 0.4) is 0 Å². The molecule has 0 spiro atoms. The third kappa shape index (κ3) is 8.25. The van der Waals surface area contributed by atoms with E-state index in [1.165, 1.54) is 57.8 Å². The van der Waals surface area contributed by atoms with Gasteiger partial charge in [0.2, 0.25) is 0 Å². The first-order valence-corrected chi connectivity index (χ1v) is 8.28. The zero-order valence-electron chi connectivity index (χ0n) is 12.7. The van der Waals surface area contributed by atoms with Crippen LogP contribution in [0.15, 0.2) is 4.99 Å². The van der Waals surface area contributed by atoms with Crippen LogP contribution in [0.4, 0.5) is 0 Å². The second kappa shape index (κ2) is 11.3. The van der Waals surface area contributed by atoms with E-state index in [4.69, 9.17) is 0 Å². The van der Waals surface area contributed by atoms with Gasteiger partial charge in [-0.05, 0) is 12.8 Å². The number of aliphatic hydroxyl groups is 1. The van der Waals surface area contributed by atoms with Gasteiger partial charge in [0.25, 0.3) is 0 Å². The molecule has 112 valence electrons. The van der Waals surface area contributed by atoms with Gasteiger partial charge < -0.3 is 10.0 Å². The number of unbranched alkanes of at least 4 members (excludes halogenated alkanes) is 9. The first-order valence-electron chi connectivity index (χ1n) is 8.28. The van der Waals surface area contributed by atoms with E-state index in [0.717, 1.165) is 25.9 Å². The molecule has 3 nitrogen and oxygen atoms in total. The van der Waals surface area contributed by atoms with E-state index < -0.39 is 0 Å². The molecular weight excluding hydrogens is 236 g/mol. The van der Waals surface area contributed by atoms with Crippen molar-refractivity contribution in [1.82, 2.24) is 4.90 Å². The number of hydrogen-bond donors (Lipinski definition) is 1. The van der Waals surface area contributed by atoms with Crippen LogP contribution in [0, 0.1) is 0 Å². The molecular formula is C16H32N2O. The van der Waals surface area contributed by atoms with Crippen molar-refractivity contribution in [3.63, 3.8) is 0 Å². The first-order chi connectivity index (χ1) is 9.34. The maximum Gasteiger partial charge on any atom is 0.127 e. The molecule has 1 N–H and O–H groups in total. The maximum atomic E-state index is 9.91. The summed E-state index contributed by atoms with van der Waals surface area (Å²) in [4.78, 5) is 6.08. The average Bonchev–Trinajstić information content (AvgIpc) is 2.95. The molecule has 0 aromatic rings. The molecule has 0 aromatic carbocycles. The number of rotatable bonds is 12. The van der Waals surface area contributed by atoms with E-state index in [1.807, 2.05) is 4.90 Å². The number of nitrogens with zero attached hydrogens (tertiary/aromatic N) is 2. The smallest absolute Gasteiger partial charge is 0.127 e. The van der Waals surface area contributed by atoms with Crippen molar-refractivity contribution in [3.8, 4) is 0 Å². The molecule has 0 radical (unpaired) electrons.